The molecule has 0 amide bonds. The van der Waals surface area contributed by atoms with Crippen molar-refractivity contribution in [1.29, 1.82) is 0 Å². The van der Waals surface area contributed by atoms with Gasteiger partial charge in [0, 0.05) is 76.5 Å². The Morgan fingerprint density at radius 1 is 0.539 bits per heavy atom. The average molecular weight is 1010 g/mol. The summed E-state index contributed by atoms with van der Waals surface area (Å²) in [6.45, 7) is 28.3. The van der Waals surface area contributed by atoms with Crippen LogP contribution in [0.2, 0.25) is 0 Å². The predicted molar refractivity (Wildman–Crippen MR) is 332 cm³/mol. The second-order valence-corrected chi connectivity index (χ2v) is 27.2. The summed E-state index contributed by atoms with van der Waals surface area (Å²) >= 11 is 1.94. The molecule has 5 heteroatoms. The van der Waals surface area contributed by atoms with Crippen LogP contribution in [0.4, 0.5) is 39.8 Å². The molecule has 3 aliphatic rings. The Morgan fingerprint density at radius 2 is 1.16 bits per heavy atom. The van der Waals surface area contributed by atoms with Crippen molar-refractivity contribution in [1.82, 2.24) is 0 Å². The van der Waals surface area contributed by atoms with E-state index in [1.807, 2.05) is 11.3 Å². The number of rotatable bonds is 6. The van der Waals surface area contributed by atoms with Gasteiger partial charge in [-0.25, -0.2) is 0 Å². The third kappa shape index (κ3) is 7.66. The van der Waals surface area contributed by atoms with Gasteiger partial charge in [-0.2, -0.15) is 0 Å². The molecule has 10 aromatic rings. The van der Waals surface area contributed by atoms with Crippen molar-refractivity contribution in [2.24, 2.45) is 0 Å². The van der Waals surface area contributed by atoms with Gasteiger partial charge in [0.05, 0.1) is 0 Å². The van der Waals surface area contributed by atoms with Crippen LogP contribution in [0.5, 0.6) is 0 Å². The van der Waals surface area contributed by atoms with Crippen molar-refractivity contribution < 1.29 is 0 Å². The lowest BCUT2D eigenvalue weighted by Crippen LogP contribution is -2.61. The summed E-state index contributed by atoms with van der Waals surface area (Å²) in [5.74, 6) is 0. The number of thiophene rings is 1. The molecule has 0 radical (unpaired) electrons. The molecule has 378 valence electrons. The van der Waals surface area contributed by atoms with E-state index in [4.69, 9.17) is 0 Å². The van der Waals surface area contributed by atoms with Gasteiger partial charge in [0.25, 0.3) is 0 Å². The van der Waals surface area contributed by atoms with E-state index in [9.17, 15) is 0 Å². The molecule has 2 aliphatic heterocycles. The van der Waals surface area contributed by atoms with Crippen LogP contribution in [0.15, 0.2) is 176 Å². The number of hydrogen-bond acceptors (Lipinski definition) is 4. The van der Waals surface area contributed by atoms with E-state index < -0.39 is 0 Å². The van der Waals surface area contributed by atoms with Crippen LogP contribution in [0.25, 0.3) is 42.1 Å². The number of benzene rings is 9. The van der Waals surface area contributed by atoms with Gasteiger partial charge in [0.15, 0.2) is 0 Å². The third-order valence-electron chi connectivity index (χ3n) is 17.9. The Labute approximate surface area is 455 Å². The average Bonchev–Trinajstić information content (AvgIpc) is 3.80. The van der Waals surface area contributed by atoms with Gasteiger partial charge in [-0.05, 0) is 156 Å². The summed E-state index contributed by atoms with van der Waals surface area (Å²) in [7, 11) is 0. The maximum atomic E-state index is 4.28. The molecule has 1 aromatic heterocycles. The van der Waals surface area contributed by atoms with Gasteiger partial charge in [-0.1, -0.05) is 192 Å². The Kier molecular flexibility index (Phi) is 10.8. The fourth-order valence-corrected chi connectivity index (χ4v) is 14.4. The van der Waals surface area contributed by atoms with Crippen LogP contribution in [0.1, 0.15) is 129 Å². The minimum Gasteiger partial charge on any atom is -0.376 e. The summed E-state index contributed by atoms with van der Waals surface area (Å²) in [4.78, 5) is 5.21. The molecule has 13 rings (SSSR count). The number of anilines is 7. The highest BCUT2D eigenvalue weighted by Crippen LogP contribution is 2.54. The Balaban J connectivity index is 1.10. The molecule has 3 heterocycles. The monoisotopic (exact) mass is 1010 g/mol. The van der Waals surface area contributed by atoms with Gasteiger partial charge < -0.3 is 15.0 Å². The quantitative estimate of drug-likeness (QED) is 0.168. The first-order chi connectivity index (χ1) is 36.2. The summed E-state index contributed by atoms with van der Waals surface area (Å²) in [5, 5.41) is 9.40. The van der Waals surface area contributed by atoms with E-state index in [2.05, 4.69) is 274 Å². The summed E-state index contributed by atoms with van der Waals surface area (Å²) in [6, 6.07) is 67.9. The number of fused-ring (bicyclic) bond motifs is 10. The third-order valence-corrected chi connectivity index (χ3v) is 19.1. The molecular weight excluding hydrogens is 938 g/mol. The van der Waals surface area contributed by atoms with Gasteiger partial charge in [0.1, 0.15) is 0 Å². The van der Waals surface area contributed by atoms with Crippen LogP contribution < -0.4 is 26.0 Å². The van der Waals surface area contributed by atoms with Gasteiger partial charge in [-0.3, -0.25) is 0 Å². The van der Waals surface area contributed by atoms with Gasteiger partial charge >= 0.3 is 6.85 Å². The van der Waals surface area contributed by atoms with Crippen molar-refractivity contribution in [3.05, 3.63) is 209 Å². The van der Waals surface area contributed by atoms with Crippen molar-refractivity contribution in [2.45, 2.75) is 123 Å². The summed E-state index contributed by atoms with van der Waals surface area (Å²) in [6.07, 6.45) is 2.33. The lowest BCUT2D eigenvalue weighted by atomic mass is 9.43. The highest BCUT2D eigenvalue weighted by molar-refractivity contribution is 7.26. The number of nitrogens with zero attached hydrogens (tertiary/aromatic N) is 2. The Morgan fingerprint density at radius 3 is 1.84 bits per heavy atom. The fourth-order valence-electron chi connectivity index (χ4n) is 13.2. The molecule has 3 nitrogen and oxygen atoms in total. The van der Waals surface area contributed by atoms with Crippen LogP contribution in [-0.4, -0.2) is 6.85 Å². The Hall–Kier alpha value is -7.08. The predicted octanol–water partition coefficient (Wildman–Crippen LogP) is 18.9. The van der Waals surface area contributed by atoms with Crippen molar-refractivity contribution in [2.75, 3.05) is 15.0 Å². The van der Waals surface area contributed by atoms with Gasteiger partial charge in [0.2, 0.25) is 0 Å². The SMILES string of the molecule is CC(C)(C)c1ccc(N(c2ccc(C(C)(C)C)cc2)c2ccc3c(c2)-c2c4c(cc5c2sc2ccccc25)Nc2c(cccc2C(C)(C)c2ccc5ccccc5c2)B4N3c2ccc3c(c2)C(C)(C)CCC3(C)C)cc1. The molecule has 1 aliphatic carbocycles. The highest BCUT2D eigenvalue weighted by atomic mass is 32.1. The van der Waals surface area contributed by atoms with E-state index in [0.717, 1.165) is 23.5 Å². The standard InChI is InChI=1S/C71H70BN3S/c1-67(2,3)46-26-30-49(31-27-46)74(50-32-28-47(29-33-50)68(4,5)6)51-35-37-61-55(41-51)63-64-60(43-54-53-20-15-16-23-62(53)76-66(54)63)73-65-57(71(11,12)48-25-24-44-18-13-14-19-45(44)40-48)21-17-22-59(65)72(64)75(61)52-34-36-56-58(42-52)70(9,10)39-38-69(56,7)8/h13-37,40-43,73H,38-39H2,1-12H3. The summed E-state index contributed by atoms with van der Waals surface area (Å²) < 4.78 is 2.65. The van der Waals surface area contributed by atoms with Crippen LogP contribution >= 0.6 is 11.3 Å². The van der Waals surface area contributed by atoms with Crippen molar-refractivity contribution in [3.8, 4) is 11.1 Å². The van der Waals surface area contributed by atoms with Crippen LogP contribution in [0.3, 0.4) is 0 Å². The molecule has 0 bridgehead atoms. The molecule has 0 unspecified atom stereocenters. The first-order valence-electron chi connectivity index (χ1n) is 27.7. The van der Waals surface area contributed by atoms with Crippen molar-refractivity contribution >= 4 is 99.9 Å². The second kappa shape index (κ2) is 17.0. The zero-order valence-electron chi connectivity index (χ0n) is 46.5. The molecular formula is C71H70BN3S. The lowest BCUT2D eigenvalue weighted by molar-refractivity contribution is 0.332. The fraction of sp³-hybridized carbons (Fsp3) is 0.268. The molecule has 76 heavy (non-hydrogen) atoms. The van der Waals surface area contributed by atoms with E-state index in [0.29, 0.717) is 0 Å². The zero-order chi connectivity index (χ0) is 52.8. The first-order valence-corrected chi connectivity index (χ1v) is 28.5. The van der Waals surface area contributed by atoms with E-state index in [1.165, 1.54) is 116 Å². The molecule has 0 atom stereocenters. The van der Waals surface area contributed by atoms with E-state index >= 15 is 0 Å². The zero-order valence-corrected chi connectivity index (χ0v) is 47.4. The molecule has 1 N–H and O–H groups in total. The summed E-state index contributed by atoms with van der Waals surface area (Å²) in [5.41, 5.74) is 21.5. The number of hydrogen-bond donors (Lipinski definition) is 1. The minimum atomic E-state index is -0.324. The molecule has 9 aromatic carbocycles. The first kappa shape index (κ1) is 48.6. The smallest absolute Gasteiger partial charge is 0.333 e. The molecule has 0 saturated carbocycles. The van der Waals surface area contributed by atoms with E-state index in [-0.39, 0.29) is 33.9 Å². The van der Waals surface area contributed by atoms with Crippen LogP contribution in [0, 0.1) is 0 Å². The molecule has 0 fully saturated rings. The largest absolute Gasteiger partial charge is 0.376 e. The highest BCUT2D eigenvalue weighted by Gasteiger charge is 2.47. The van der Waals surface area contributed by atoms with E-state index in [1.54, 1.807) is 0 Å². The molecule has 0 spiro atoms. The molecule has 0 saturated heterocycles. The second-order valence-electron chi connectivity index (χ2n) is 26.2. The Bertz CT molecular complexity index is 3920. The number of para-hydroxylation sites is 1. The van der Waals surface area contributed by atoms with Gasteiger partial charge in [-0.15, -0.1) is 11.3 Å². The topological polar surface area (TPSA) is 18.5 Å². The minimum absolute atomic E-state index is 0.0320. The maximum Gasteiger partial charge on any atom is 0.333 e. The maximum absolute atomic E-state index is 4.28. The van der Waals surface area contributed by atoms with Crippen molar-refractivity contribution in [3.63, 3.8) is 0 Å². The normalized spacial score (nSPS) is 15.5. The number of nitrogens with one attached hydrogen (secondary N) is 1. The lowest BCUT2D eigenvalue weighted by Gasteiger charge is -2.46. The van der Waals surface area contributed by atoms with Crippen LogP contribution in [-0.2, 0) is 27.1 Å².